The van der Waals surface area contributed by atoms with Crippen molar-refractivity contribution in [3.8, 4) is 0 Å². The van der Waals surface area contributed by atoms with E-state index in [1.165, 1.54) is 6.26 Å². The second-order valence-electron chi connectivity index (χ2n) is 3.06. The third-order valence-electron chi connectivity index (χ3n) is 2.26. The number of furan rings is 1. The average Bonchev–Trinajstić information content (AvgIpc) is 2.68. The lowest BCUT2D eigenvalue weighted by Gasteiger charge is -2.27. The van der Waals surface area contributed by atoms with E-state index in [9.17, 15) is 5.11 Å². The highest BCUT2D eigenvalue weighted by molar-refractivity contribution is 6.18. The predicted molar refractivity (Wildman–Crippen MR) is 52.7 cm³/mol. The van der Waals surface area contributed by atoms with Gasteiger partial charge in [-0.1, -0.05) is 13.0 Å². The van der Waals surface area contributed by atoms with Crippen molar-refractivity contribution >= 4 is 11.6 Å². The maximum atomic E-state index is 10.2. The van der Waals surface area contributed by atoms with Gasteiger partial charge in [-0.2, -0.15) is 0 Å². The molecule has 1 aromatic heterocycles. The van der Waals surface area contributed by atoms with Crippen LogP contribution in [0.5, 0.6) is 0 Å². The van der Waals surface area contributed by atoms with Gasteiger partial charge in [-0.3, -0.25) is 0 Å². The first kappa shape index (κ1) is 10.4. The van der Waals surface area contributed by atoms with Crippen molar-refractivity contribution in [2.45, 2.75) is 12.5 Å². The molecule has 0 fully saturated rings. The van der Waals surface area contributed by atoms with Crippen LogP contribution in [0.15, 0.2) is 35.5 Å². The summed E-state index contributed by atoms with van der Waals surface area (Å²) in [4.78, 5) is 0. The summed E-state index contributed by atoms with van der Waals surface area (Å²) in [6.07, 6.45) is 3.17. The van der Waals surface area contributed by atoms with Crippen LogP contribution in [0.1, 0.15) is 12.7 Å². The van der Waals surface area contributed by atoms with Crippen LogP contribution in [0, 0.1) is 5.92 Å². The molecule has 0 aliphatic carbocycles. The van der Waals surface area contributed by atoms with Crippen molar-refractivity contribution in [1.82, 2.24) is 0 Å². The second kappa shape index (κ2) is 3.99. The minimum absolute atomic E-state index is 0.0910. The highest BCUT2D eigenvalue weighted by atomic mass is 35.5. The zero-order valence-electron chi connectivity index (χ0n) is 7.53. The molecule has 2 atom stereocenters. The zero-order chi connectivity index (χ0) is 9.90. The van der Waals surface area contributed by atoms with Crippen LogP contribution < -0.4 is 0 Å². The number of alkyl halides is 1. The van der Waals surface area contributed by atoms with Gasteiger partial charge in [0, 0.05) is 5.92 Å². The molecule has 0 saturated carbocycles. The van der Waals surface area contributed by atoms with Crippen LogP contribution in [-0.2, 0) is 5.60 Å². The fourth-order valence-corrected chi connectivity index (χ4v) is 1.51. The molecule has 2 unspecified atom stereocenters. The summed E-state index contributed by atoms with van der Waals surface area (Å²) in [6, 6.07) is 3.44. The predicted octanol–water partition coefficient (Wildman–Crippen LogP) is 2.53. The normalized spacial score (nSPS) is 17.8. The smallest absolute Gasteiger partial charge is 0.141 e. The molecule has 1 N–H and O–H groups in total. The Hall–Kier alpha value is -0.730. The van der Waals surface area contributed by atoms with Crippen molar-refractivity contribution in [1.29, 1.82) is 0 Å². The Balaban J connectivity index is 3.00. The van der Waals surface area contributed by atoms with E-state index in [1.54, 1.807) is 18.2 Å². The van der Waals surface area contributed by atoms with Gasteiger partial charge < -0.3 is 9.52 Å². The van der Waals surface area contributed by atoms with Crippen LogP contribution in [-0.4, -0.2) is 11.0 Å². The van der Waals surface area contributed by atoms with Crippen LogP contribution in [0.2, 0.25) is 0 Å². The van der Waals surface area contributed by atoms with Gasteiger partial charge in [-0.05, 0) is 12.1 Å². The molecule has 2 nitrogen and oxygen atoms in total. The van der Waals surface area contributed by atoms with E-state index >= 15 is 0 Å². The van der Waals surface area contributed by atoms with Gasteiger partial charge >= 0.3 is 0 Å². The average molecular weight is 201 g/mol. The van der Waals surface area contributed by atoms with Crippen molar-refractivity contribution in [2.75, 3.05) is 5.88 Å². The molecular weight excluding hydrogens is 188 g/mol. The minimum atomic E-state index is -1.15. The molecule has 72 valence electrons. The first-order valence-electron chi connectivity index (χ1n) is 4.10. The Morgan fingerprint density at radius 1 is 1.85 bits per heavy atom. The lowest BCUT2D eigenvalue weighted by Crippen LogP contribution is -2.34. The summed E-state index contributed by atoms with van der Waals surface area (Å²) in [5.74, 6) is 0.430. The number of rotatable bonds is 4. The molecule has 0 bridgehead atoms. The Kier molecular flexibility index (Phi) is 3.17. The number of hydrogen-bond donors (Lipinski definition) is 1. The zero-order valence-corrected chi connectivity index (χ0v) is 8.29. The fraction of sp³-hybridized carbons (Fsp3) is 0.400. The Bertz CT molecular complexity index is 268. The van der Waals surface area contributed by atoms with Gasteiger partial charge in [0.05, 0.1) is 12.1 Å². The monoisotopic (exact) mass is 200 g/mol. The van der Waals surface area contributed by atoms with E-state index in [-0.39, 0.29) is 11.8 Å². The molecule has 0 spiro atoms. The Morgan fingerprint density at radius 2 is 2.54 bits per heavy atom. The summed E-state index contributed by atoms with van der Waals surface area (Å²) in [5.41, 5.74) is -1.15. The second-order valence-corrected chi connectivity index (χ2v) is 3.33. The summed E-state index contributed by atoms with van der Waals surface area (Å²) in [5, 5.41) is 10.2. The van der Waals surface area contributed by atoms with Gasteiger partial charge in [0.2, 0.25) is 0 Å². The van der Waals surface area contributed by atoms with Crippen molar-refractivity contribution in [3.63, 3.8) is 0 Å². The molecular formula is C10H13ClO2. The molecule has 3 heteroatoms. The van der Waals surface area contributed by atoms with Crippen LogP contribution in [0.4, 0.5) is 0 Å². The van der Waals surface area contributed by atoms with Gasteiger partial charge in [-0.25, -0.2) is 0 Å². The fourth-order valence-electron chi connectivity index (χ4n) is 1.13. The molecule has 0 amide bonds. The highest BCUT2D eigenvalue weighted by Crippen LogP contribution is 2.31. The van der Waals surface area contributed by atoms with Gasteiger partial charge in [0.1, 0.15) is 11.4 Å². The van der Waals surface area contributed by atoms with E-state index in [2.05, 4.69) is 6.58 Å². The first-order chi connectivity index (χ1) is 6.15. The summed E-state index contributed by atoms with van der Waals surface area (Å²) in [7, 11) is 0. The number of halogens is 1. The van der Waals surface area contributed by atoms with Crippen LogP contribution >= 0.6 is 11.6 Å². The molecule has 1 heterocycles. The Morgan fingerprint density at radius 3 is 2.92 bits per heavy atom. The topological polar surface area (TPSA) is 33.4 Å². The third kappa shape index (κ3) is 1.79. The Labute approximate surface area is 82.8 Å². The molecule has 0 aliphatic heterocycles. The highest BCUT2D eigenvalue weighted by Gasteiger charge is 2.35. The van der Waals surface area contributed by atoms with Crippen molar-refractivity contribution < 1.29 is 9.52 Å². The van der Waals surface area contributed by atoms with E-state index in [0.717, 1.165) is 0 Å². The minimum Gasteiger partial charge on any atom is -0.466 e. The maximum absolute atomic E-state index is 10.2. The van der Waals surface area contributed by atoms with Crippen LogP contribution in [0.25, 0.3) is 0 Å². The van der Waals surface area contributed by atoms with Gasteiger partial charge in [-0.15, -0.1) is 18.2 Å². The molecule has 0 aliphatic rings. The maximum Gasteiger partial charge on any atom is 0.141 e. The van der Waals surface area contributed by atoms with Gasteiger partial charge in [0.25, 0.3) is 0 Å². The lowest BCUT2D eigenvalue weighted by atomic mass is 9.88. The molecule has 1 aromatic rings. The quantitative estimate of drug-likeness (QED) is 0.599. The van der Waals surface area contributed by atoms with E-state index in [4.69, 9.17) is 16.0 Å². The molecule has 0 aromatic carbocycles. The first-order valence-corrected chi connectivity index (χ1v) is 4.63. The molecule has 0 radical (unpaired) electrons. The van der Waals surface area contributed by atoms with Crippen molar-refractivity contribution in [3.05, 3.63) is 36.8 Å². The standard InChI is InChI=1S/C10H13ClO2/c1-3-8(2)10(12,7-11)9-5-4-6-13-9/h3-6,8,12H,1,7H2,2H3. The molecule has 0 saturated heterocycles. The summed E-state index contributed by atoms with van der Waals surface area (Å²) < 4.78 is 5.13. The van der Waals surface area contributed by atoms with Crippen molar-refractivity contribution in [2.24, 2.45) is 5.92 Å². The number of hydrogen-bond acceptors (Lipinski definition) is 2. The van der Waals surface area contributed by atoms with E-state index in [0.29, 0.717) is 5.76 Å². The SMILES string of the molecule is C=CC(C)C(O)(CCl)c1ccco1. The summed E-state index contributed by atoms with van der Waals surface area (Å²) >= 11 is 5.72. The van der Waals surface area contributed by atoms with E-state index < -0.39 is 5.60 Å². The lowest BCUT2D eigenvalue weighted by molar-refractivity contribution is 0.00320. The summed E-state index contributed by atoms with van der Waals surface area (Å²) in [6.45, 7) is 5.47. The number of aliphatic hydroxyl groups is 1. The third-order valence-corrected chi connectivity index (χ3v) is 2.67. The van der Waals surface area contributed by atoms with Crippen LogP contribution in [0.3, 0.4) is 0 Å². The van der Waals surface area contributed by atoms with Gasteiger partial charge in [0.15, 0.2) is 0 Å². The molecule has 13 heavy (non-hydrogen) atoms. The van der Waals surface area contributed by atoms with E-state index in [1.807, 2.05) is 6.92 Å². The molecule has 1 rings (SSSR count). The largest absolute Gasteiger partial charge is 0.466 e.